The molecule has 0 aliphatic heterocycles. The van der Waals surface area contributed by atoms with Crippen LogP contribution in [0, 0.1) is 23.7 Å². The quantitative estimate of drug-likeness (QED) is 0.462. The van der Waals surface area contributed by atoms with Gasteiger partial charge in [-0.25, -0.2) is 0 Å². The molecule has 0 heteroatoms. The van der Waals surface area contributed by atoms with Gasteiger partial charge in [0.15, 0.2) is 0 Å². The minimum atomic E-state index is 1.04. The summed E-state index contributed by atoms with van der Waals surface area (Å²) in [7, 11) is 0. The van der Waals surface area contributed by atoms with Gasteiger partial charge < -0.3 is 0 Å². The fourth-order valence-corrected chi connectivity index (χ4v) is 0.317. The molecule has 0 radical (unpaired) electrons. The van der Waals surface area contributed by atoms with Crippen LogP contribution in [0.15, 0.2) is 12.2 Å². The van der Waals surface area contributed by atoms with Crippen LogP contribution in [0.25, 0.3) is 0 Å². The third kappa shape index (κ3) is 6.86. The molecule has 0 nitrogen and oxygen atoms in total. The lowest BCUT2D eigenvalue weighted by molar-refractivity contribution is 1.23. The Morgan fingerprint density at radius 1 is 1.33 bits per heavy atom. The SMILES string of the molecule is CC#CC#C/C=C/CC. The Labute approximate surface area is 57.0 Å². The molecule has 0 heterocycles. The molecule has 46 valence electrons. The minimum absolute atomic E-state index is 1.04. The van der Waals surface area contributed by atoms with Crippen LogP contribution in [-0.2, 0) is 0 Å². The normalized spacial score (nSPS) is 7.33. The van der Waals surface area contributed by atoms with E-state index < -0.39 is 0 Å². The van der Waals surface area contributed by atoms with Gasteiger partial charge in [-0.1, -0.05) is 24.8 Å². The molecule has 9 heavy (non-hydrogen) atoms. The summed E-state index contributed by atoms with van der Waals surface area (Å²) in [5, 5.41) is 0. The van der Waals surface area contributed by atoms with E-state index in [1.54, 1.807) is 6.92 Å². The Kier molecular flexibility index (Phi) is 5.99. The Morgan fingerprint density at radius 3 is 2.67 bits per heavy atom. The summed E-state index contributed by atoms with van der Waals surface area (Å²) < 4.78 is 0. The van der Waals surface area contributed by atoms with Crippen molar-refractivity contribution in [2.24, 2.45) is 0 Å². The molecule has 0 aromatic heterocycles. The molecule has 0 aromatic carbocycles. The number of hydrogen-bond acceptors (Lipinski definition) is 0. The zero-order valence-corrected chi connectivity index (χ0v) is 5.86. The highest BCUT2D eigenvalue weighted by atomic mass is 13.6. The molecule has 0 unspecified atom stereocenters. The van der Waals surface area contributed by atoms with Gasteiger partial charge in [0.2, 0.25) is 0 Å². The third-order valence-electron chi connectivity index (χ3n) is 0.697. The van der Waals surface area contributed by atoms with Crippen molar-refractivity contribution in [3.63, 3.8) is 0 Å². The Hall–Kier alpha value is -1.14. The first-order valence-corrected chi connectivity index (χ1v) is 2.99. The van der Waals surface area contributed by atoms with E-state index in [0.717, 1.165) is 6.42 Å². The molecule has 0 aliphatic rings. The van der Waals surface area contributed by atoms with Gasteiger partial charge in [-0.05, 0) is 31.3 Å². The molecular weight excluding hydrogens is 108 g/mol. The lowest BCUT2D eigenvalue weighted by Gasteiger charge is -1.67. The first kappa shape index (κ1) is 7.86. The van der Waals surface area contributed by atoms with Crippen LogP contribution in [0.4, 0.5) is 0 Å². The van der Waals surface area contributed by atoms with Gasteiger partial charge in [-0.3, -0.25) is 0 Å². The molecule has 0 saturated carbocycles. The fraction of sp³-hybridized carbons (Fsp3) is 0.333. The standard InChI is InChI=1S/C9H10/c1-3-5-7-9-8-6-4-2/h5,7H,3H2,1-2H3/b7-5+. The maximum atomic E-state index is 2.78. The molecule has 0 bridgehead atoms. The zero-order valence-electron chi connectivity index (χ0n) is 5.86. The lowest BCUT2D eigenvalue weighted by Crippen LogP contribution is -1.52. The van der Waals surface area contributed by atoms with Gasteiger partial charge >= 0.3 is 0 Å². The van der Waals surface area contributed by atoms with Crippen LogP contribution < -0.4 is 0 Å². The first-order valence-electron chi connectivity index (χ1n) is 2.99. The van der Waals surface area contributed by atoms with Crippen molar-refractivity contribution >= 4 is 0 Å². The van der Waals surface area contributed by atoms with Gasteiger partial charge in [0.05, 0.1) is 0 Å². The van der Waals surface area contributed by atoms with Crippen LogP contribution in [0.3, 0.4) is 0 Å². The summed E-state index contributed by atoms with van der Waals surface area (Å²) in [4.78, 5) is 0. The molecule has 0 N–H and O–H groups in total. The highest BCUT2D eigenvalue weighted by Gasteiger charge is 1.58. The lowest BCUT2D eigenvalue weighted by atomic mass is 10.4. The summed E-state index contributed by atoms with van der Waals surface area (Å²) in [5.74, 6) is 10.8. The maximum Gasteiger partial charge on any atom is -0.00168 e. The summed E-state index contributed by atoms with van der Waals surface area (Å²) in [6.45, 7) is 3.85. The minimum Gasteiger partial charge on any atom is -0.0925 e. The average Bonchev–Trinajstić information content (AvgIpc) is 1.89. The molecule has 0 saturated heterocycles. The zero-order chi connectivity index (χ0) is 6.95. The average molecular weight is 118 g/mol. The van der Waals surface area contributed by atoms with Crippen LogP contribution in [-0.4, -0.2) is 0 Å². The van der Waals surface area contributed by atoms with Crippen molar-refractivity contribution in [1.82, 2.24) is 0 Å². The fourth-order valence-electron chi connectivity index (χ4n) is 0.317. The van der Waals surface area contributed by atoms with E-state index in [-0.39, 0.29) is 0 Å². The Balaban J connectivity index is 3.58. The predicted octanol–water partition coefficient (Wildman–Crippen LogP) is 1.98. The number of allylic oxidation sites excluding steroid dienone is 2. The van der Waals surface area contributed by atoms with Crippen molar-refractivity contribution in [2.45, 2.75) is 20.3 Å². The second-order valence-electron chi connectivity index (χ2n) is 1.45. The van der Waals surface area contributed by atoms with Crippen molar-refractivity contribution in [1.29, 1.82) is 0 Å². The van der Waals surface area contributed by atoms with Crippen LogP contribution in [0.5, 0.6) is 0 Å². The van der Waals surface area contributed by atoms with Crippen LogP contribution in [0.1, 0.15) is 20.3 Å². The van der Waals surface area contributed by atoms with E-state index >= 15 is 0 Å². The summed E-state index contributed by atoms with van der Waals surface area (Å²) >= 11 is 0. The second-order valence-corrected chi connectivity index (χ2v) is 1.45. The summed E-state index contributed by atoms with van der Waals surface area (Å²) in [6, 6.07) is 0. The smallest absolute Gasteiger partial charge is 0.00168 e. The molecule has 0 aromatic rings. The van der Waals surface area contributed by atoms with E-state index in [1.165, 1.54) is 0 Å². The summed E-state index contributed by atoms with van der Waals surface area (Å²) in [6.07, 6.45) is 4.86. The van der Waals surface area contributed by atoms with Gasteiger partial charge in [-0.2, -0.15) is 0 Å². The van der Waals surface area contributed by atoms with Gasteiger partial charge in [0.25, 0.3) is 0 Å². The Morgan fingerprint density at radius 2 is 2.11 bits per heavy atom. The van der Waals surface area contributed by atoms with Crippen LogP contribution in [0.2, 0.25) is 0 Å². The van der Waals surface area contributed by atoms with Crippen molar-refractivity contribution in [2.75, 3.05) is 0 Å². The number of rotatable bonds is 1. The number of hydrogen-bond donors (Lipinski definition) is 0. The van der Waals surface area contributed by atoms with Crippen LogP contribution >= 0.6 is 0 Å². The van der Waals surface area contributed by atoms with Gasteiger partial charge in [-0.15, -0.1) is 0 Å². The summed E-state index contributed by atoms with van der Waals surface area (Å²) in [5.41, 5.74) is 0. The largest absolute Gasteiger partial charge is 0.0925 e. The third-order valence-corrected chi connectivity index (χ3v) is 0.697. The highest BCUT2D eigenvalue weighted by Crippen LogP contribution is 1.75. The molecule has 0 aliphatic carbocycles. The maximum absolute atomic E-state index is 2.78. The van der Waals surface area contributed by atoms with E-state index in [0.29, 0.717) is 0 Å². The Bertz CT molecular complexity index is 188. The molecule has 0 amide bonds. The second kappa shape index (κ2) is 6.86. The molecular formula is C9H10. The molecule has 0 rings (SSSR count). The molecule has 0 atom stereocenters. The highest BCUT2D eigenvalue weighted by molar-refractivity contribution is 5.29. The van der Waals surface area contributed by atoms with E-state index in [4.69, 9.17) is 0 Å². The first-order chi connectivity index (χ1) is 4.41. The predicted molar refractivity (Wildman–Crippen MR) is 40.7 cm³/mol. The van der Waals surface area contributed by atoms with Crippen molar-refractivity contribution in [3.05, 3.63) is 12.2 Å². The monoisotopic (exact) mass is 118 g/mol. The molecule has 0 spiro atoms. The van der Waals surface area contributed by atoms with Crippen molar-refractivity contribution < 1.29 is 0 Å². The van der Waals surface area contributed by atoms with Gasteiger partial charge in [0.1, 0.15) is 0 Å². The van der Waals surface area contributed by atoms with E-state index in [2.05, 4.69) is 30.6 Å². The van der Waals surface area contributed by atoms with Gasteiger partial charge in [0, 0.05) is 0 Å². The van der Waals surface area contributed by atoms with E-state index in [1.807, 2.05) is 12.2 Å². The van der Waals surface area contributed by atoms with E-state index in [9.17, 15) is 0 Å². The molecule has 0 fully saturated rings. The van der Waals surface area contributed by atoms with Crippen molar-refractivity contribution in [3.8, 4) is 23.7 Å². The topological polar surface area (TPSA) is 0 Å².